The van der Waals surface area contributed by atoms with E-state index in [9.17, 15) is 4.79 Å². The van der Waals surface area contributed by atoms with Gasteiger partial charge in [-0.3, -0.25) is 4.79 Å². The number of likely N-dealkylation sites (N-methyl/N-ethyl adjacent to an activating group) is 1. The van der Waals surface area contributed by atoms with Crippen LogP contribution >= 0.6 is 0 Å². The van der Waals surface area contributed by atoms with Gasteiger partial charge in [-0.2, -0.15) is 0 Å². The molecular formula is C17H27N3O. The van der Waals surface area contributed by atoms with Gasteiger partial charge in [0.2, 0.25) is 5.91 Å². The molecular weight excluding hydrogens is 262 g/mol. The lowest BCUT2D eigenvalue weighted by Gasteiger charge is -2.24. The number of carbonyl (C=O) groups excluding carboxylic acids is 1. The summed E-state index contributed by atoms with van der Waals surface area (Å²) in [4.78, 5) is 16.9. The standard InChI is InChI=1S/C17H27N3O/c1-4-19(5-2)13-11-18-14(3)17(21)20-12-10-15-8-6-7-9-16(15)20/h6-9,14,18H,4-5,10-13H2,1-3H3/t14-/m1/s1. The van der Waals surface area contributed by atoms with Gasteiger partial charge in [0, 0.05) is 25.3 Å². The van der Waals surface area contributed by atoms with Crippen LogP contribution in [0.3, 0.4) is 0 Å². The summed E-state index contributed by atoms with van der Waals surface area (Å²) < 4.78 is 0. The summed E-state index contributed by atoms with van der Waals surface area (Å²) in [5.74, 6) is 0.180. The van der Waals surface area contributed by atoms with Crippen molar-refractivity contribution in [1.29, 1.82) is 0 Å². The van der Waals surface area contributed by atoms with Crippen molar-refractivity contribution >= 4 is 11.6 Å². The van der Waals surface area contributed by atoms with Crippen LogP contribution in [0.4, 0.5) is 5.69 Å². The predicted octanol–water partition coefficient (Wildman–Crippen LogP) is 1.90. The summed E-state index contributed by atoms with van der Waals surface area (Å²) in [6.07, 6.45) is 0.966. The molecule has 0 unspecified atom stereocenters. The molecule has 0 radical (unpaired) electrons. The fraction of sp³-hybridized carbons (Fsp3) is 0.588. The molecule has 0 spiro atoms. The summed E-state index contributed by atoms with van der Waals surface area (Å²) in [5.41, 5.74) is 2.36. The van der Waals surface area contributed by atoms with Gasteiger partial charge in [-0.25, -0.2) is 0 Å². The second-order valence-corrected chi connectivity index (χ2v) is 5.57. The van der Waals surface area contributed by atoms with E-state index in [1.54, 1.807) is 0 Å². The average molecular weight is 289 g/mol. The van der Waals surface area contributed by atoms with Crippen LogP contribution in [0.15, 0.2) is 24.3 Å². The van der Waals surface area contributed by atoms with Crippen molar-refractivity contribution in [2.24, 2.45) is 0 Å². The van der Waals surface area contributed by atoms with Gasteiger partial charge in [0.1, 0.15) is 0 Å². The molecule has 1 aromatic carbocycles. The van der Waals surface area contributed by atoms with E-state index in [0.29, 0.717) is 0 Å². The third-order valence-electron chi connectivity index (χ3n) is 4.30. The molecule has 21 heavy (non-hydrogen) atoms. The number of para-hydroxylation sites is 1. The molecule has 0 aliphatic carbocycles. The Bertz CT molecular complexity index is 471. The van der Waals surface area contributed by atoms with Crippen molar-refractivity contribution < 1.29 is 4.79 Å². The number of rotatable bonds is 7. The Morgan fingerprint density at radius 3 is 2.76 bits per heavy atom. The number of benzene rings is 1. The second kappa shape index (κ2) is 7.57. The zero-order chi connectivity index (χ0) is 15.2. The zero-order valence-corrected chi connectivity index (χ0v) is 13.4. The van der Waals surface area contributed by atoms with Crippen molar-refractivity contribution in [2.45, 2.75) is 33.2 Å². The maximum atomic E-state index is 12.6. The summed E-state index contributed by atoms with van der Waals surface area (Å²) in [7, 11) is 0. The Morgan fingerprint density at radius 1 is 1.33 bits per heavy atom. The normalized spacial score (nSPS) is 15.3. The first-order valence-electron chi connectivity index (χ1n) is 8.02. The molecule has 1 amide bonds. The van der Waals surface area contributed by atoms with E-state index in [2.05, 4.69) is 30.1 Å². The van der Waals surface area contributed by atoms with Crippen LogP contribution in [0.25, 0.3) is 0 Å². The lowest BCUT2D eigenvalue weighted by molar-refractivity contribution is -0.120. The van der Waals surface area contributed by atoms with Gasteiger partial charge in [-0.1, -0.05) is 32.0 Å². The monoisotopic (exact) mass is 289 g/mol. The Balaban J connectivity index is 1.86. The van der Waals surface area contributed by atoms with Gasteiger partial charge in [0.15, 0.2) is 0 Å². The van der Waals surface area contributed by atoms with E-state index in [0.717, 1.165) is 44.8 Å². The molecule has 1 N–H and O–H groups in total. The summed E-state index contributed by atoms with van der Waals surface area (Å²) >= 11 is 0. The number of hydrogen-bond donors (Lipinski definition) is 1. The van der Waals surface area contributed by atoms with Crippen molar-refractivity contribution in [2.75, 3.05) is 37.6 Å². The molecule has 1 aromatic rings. The number of hydrogen-bond acceptors (Lipinski definition) is 3. The molecule has 4 nitrogen and oxygen atoms in total. The van der Waals surface area contributed by atoms with E-state index in [1.807, 2.05) is 30.0 Å². The first-order chi connectivity index (χ1) is 10.2. The minimum absolute atomic E-state index is 0.133. The first-order valence-corrected chi connectivity index (χ1v) is 8.02. The van der Waals surface area contributed by atoms with Gasteiger partial charge < -0.3 is 15.1 Å². The molecule has 0 bridgehead atoms. The maximum Gasteiger partial charge on any atom is 0.243 e. The predicted molar refractivity (Wildman–Crippen MR) is 87.8 cm³/mol. The van der Waals surface area contributed by atoms with E-state index < -0.39 is 0 Å². The van der Waals surface area contributed by atoms with Crippen LogP contribution in [0.5, 0.6) is 0 Å². The Morgan fingerprint density at radius 2 is 2.05 bits per heavy atom. The topological polar surface area (TPSA) is 35.6 Å². The molecule has 2 rings (SSSR count). The van der Waals surface area contributed by atoms with Crippen molar-refractivity contribution in [3.63, 3.8) is 0 Å². The highest BCUT2D eigenvalue weighted by Crippen LogP contribution is 2.27. The molecule has 0 aromatic heterocycles. The van der Waals surface area contributed by atoms with Crippen LogP contribution in [0.1, 0.15) is 26.3 Å². The summed E-state index contributed by atoms with van der Waals surface area (Å²) in [6, 6.07) is 8.07. The highest BCUT2D eigenvalue weighted by molar-refractivity contribution is 5.98. The zero-order valence-electron chi connectivity index (χ0n) is 13.4. The van der Waals surface area contributed by atoms with Crippen LogP contribution in [0.2, 0.25) is 0 Å². The van der Waals surface area contributed by atoms with E-state index in [4.69, 9.17) is 0 Å². The quantitative estimate of drug-likeness (QED) is 0.833. The maximum absolute atomic E-state index is 12.6. The minimum atomic E-state index is -0.133. The van der Waals surface area contributed by atoms with Crippen LogP contribution < -0.4 is 10.2 Å². The lowest BCUT2D eigenvalue weighted by Crippen LogP contribution is -2.46. The molecule has 4 heteroatoms. The van der Waals surface area contributed by atoms with Crippen molar-refractivity contribution in [3.05, 3.63) is 29.8 Å². The fourth-order valence-electron chi connectivity index (χ4n) is 2.87. The van der Waals surface area contributed by atoms with Gasteiger partial charge in [-0.15, -0.1) is 0 Å². The van der Waals surface area contributed by atoms with Gasteiger partial charge in [-0.05, 0) is 38.1 Å². The molecule has 0 fully saturated rings. The first kappa shape index (κ1) is 16.0. The van der Waals surface area contributed by atoms with E-state index in [-0.39, 0.29) is 11.9 Å². The minimum Gasteiger partial charge on any atom is -0.310 e. The Kier molecular flexibility index (Phi) is 5.76. The van der Waals surface area contributed by atoms with Gasteiger partial charge in [0.05, 0.1) is 6.04 Å². The molecule has 1 atom stereocenters. The van der Waals surface area contributed by atoms with E-state index >= 15 is 0 Å². The molecule has 1 aliphatic heterocycles. The Hall–Kier alpha value is -1.39. The molecule has 0 saturated heterocycles. The number of nitrogens with one attached hydrogen (secondary N) is 1. The number of anilines is 1. The smallest absolute Gasteiger partial charge is 0.243 e. The van der Waals surface area contributed by atoms with Gasteiger partial charge >= 0.3 is 0 Å². The summed E-state index contributed by atoms with van der Waals surface area (Å²) in [5, 5.41) is 3.36. The van der Waals surface area contributed by atoms with Crippen LogP contribution in [-0.2, 0) is 11.2 Å². The molecule has 1 heterocycles. The average Bonchev–Trinajstić information content (AvgIpc) is 2.94. The SMILES string of the molecule is CCN(CC)CCN[C@H](C)C(=O)N1CCc2ccccc21. The van der Waals surface area contributed by atoms with Gasteiger partial charge in [0.25, 0.3) is 0 Å². The molecule has 1 aliphatic rings. The van der Waals surface area contributed by atoms with E-state index in [1.165, 1.54) is 5.56 Å². The van der Waals surface area contributed by atoms with Crippen LogP contribution in [-0.4, -0.2) is 49.6 Å². The highest BCUT2D eigenvalue weighted by atomic mass is 16.2. The fourth-order valence-corrected chi connectivity index (χ4v) is 2.87. The van der Waals surface area contributed by atoms with Crippen molar-refractivity contribution in [3.8, 4) is 0 Å². The highest BCUT2D eigenvalue weighted by Gasteiger charge is 2.27. The third kappa shape index (κ3) is 3.83. The Labute approximate surface area is 128 Å². The van der Waals surface area contributed by atoms with Crippen LogP contribution in [0, 0.1) is 0 Å². The van der Waals surface area contributed by atoms with Crippen molar-refractivity contribution in [1.82, 2.24) is 10.2 Å². The number of carbonyl (C=O) groups is 1. The second-order valence-electron chi connectivity index (χ2n) is 5.57. The number of amides is 1. The number of fused-ring (bicyclic) bond motifs is 1. The largest absolute Gasteiger partial charge is 0.310 e. The third-order valence-corrected chi connectivity index (χ3v) is 4.30. The summed E-state index contributed by atoms with van der Waals surface area (Å²) in [6.45, 7) is 11.1. The lowest BCUT2D eigenvalue weighted by atomic mass is 10.2. The molecule has 116 valence electrons. The number of nitrogens with zero attached hydrogens (tertiary/aromatic N) is 2. The molecule has 0 saturated carbocycles.